The van der Waals surface area contributed by atoms with Gasteiger partial charge in [0.1, 0.15) is 0 Å². The molecule has 100 valence electrons. The highest BCUT2D eigenvalue weighted by molar-refractivity contribution is 5.19. The van der Waals surface area contributed by atoms with Gasteiger partial charge in [-0.15, -0.1) is 0 Å². The van der Waals surface area contributed by atoms with E-state index in [0.717, 1.165) is 19.4 Å². The predicted octanol–water partition coefficient (Wildman–Crippen LogP) is 2.23. The largest absolute Gasteiger partial charge is 0.378 e. The second-order valence-corrected chi connectivity index (χ2v) is 5.25. The van der Waals surface area contributed by atoms with Crippen LogP contribution in [0.1, 0.15) is 38.3 Å². The number of ether oxygens (including phenoxy) is 1. The molecule has 1 aliphatic carbocycles. The van der Waals surface area contributed by atoms with Crippen LogP contribution in [0.5, 0.6) is 0 Å². The SMILES string of the molecule is CCOC1CC(CN)(NC(C)c2ccccc2)C1. The molecule has 3 heteroatoms. The predicted molar refractivity (Wildman–Crippen MR) is 74.4 cm³/mol. The van der Waals surface area contributed by atoms with Crippen LogP contribution in [0, 0.1) is 0 Å². The minimum Gasteiger partial charge on any atom is -0.378 e. The summed E-state index contributed by atoms with van der Waals surface area (Å²) in [5, 5.41) is 3.68. The van der Waals surface area contributed by atoms with Gasteiger partial charge in [0, 0.05) is 24.7 Å². The highest BCUT2D eigenvalue weighted by atomic mass is 16.5. The van der Waals surface area contributed by atoms with Crippen LogP contribution >= 0.6 is 0 Å². The Morgan fingerprint density at radius 2 is 2.06 bits per heavy atom. The maximum atomic E-state index is 5.94. The highest BCUT2D eigenvalue weighted by Crippen LogP contribution is 2.35. The number of rotatable bonds is 6. The van der Waals surface area contributed by atoms with E-state index in [4.69, 9.17) is 10.5 Å². The summed E-state index contributed by atoms with van der Waals surface area (Å²) in [5.41, 5.74) is 7.31. The third-order valence-electron chi connectivity index (χ3n) is 3.85. The van der Waals surface area contributed by atoms with Crippen molar-refractivity contribution in [1.29, 1.82) is 0 Å². The van der Waals surface area contributed by atoms with Gasteiger partial charge in [-0.1, -0.05) is 30.3 Å². The molecule has 1 atom stereocenters. The van der Waals surface area contributed by atoms with Crippen LogP contribution in [0.25, 0.3) is 0 Å². The highest BCUT2D eigenvalue weighted by Gasteiger charge is 2.44. The van der Waals surface area contributed by atoms with Gasteiger partial charge in [0.25, 0.3) is 0 Å². The zero-order valence-corrected chi connectivity index (χ0v) is 11.4. The van der Waals surface area contributed by atoms with Crippen LogP contribution in [-0.4, -0.2) is 24.8 Å². The van der Waals surface area contributed by atoms with Crippen molar-refractivity contribution in [3.8, 4) is 0 Å². The molecular weight excluding hydrogens is 224 g/mol. The van der Waals surface area contributed by atoms with Gasteiger partial charge in [0.15, 0.2) is 0 Å². The van der Waals surface area contributed by atoms with E-state index >= 15 is 0 Å². The molecule has 1 saturated carbocycles. The first-order chi connectivity index (χ1) is 8.69. The molecule has 1 aliphatic rings. The Morgan fingerprint density at radius 3 is 2.61 bits per heavy atom. The van der Waals surface area contributed by atoms with Crippen LogP contribution in [0.15, 0.2) is 30.3 Å². The summed E-state index contributed by atoms with van der Waals surface area (Å²) in [6.07, 6.45) is 2.43. The first-order valence-electron chi connectivity index (χ1n) is 6.83. The molecule has 0 bridgehead atoms. The Bertz CT molecular complexity index is 360. The molecule has 0 amide bonds. The molecule has 1 unspecified atom stereocenters. The van der Waals surface area contributed by atoms with Crippen molar-refractivity contribution in [1.82, 2.24) is 5.32 Å². The lowest BCUT2D eigenvalue weighted by molar-refractivity contribution is -0.0508. The van der Waals surface area contributed by atoms with Gasteiger partial charge in [-0.05, 0) is 32.3 Å². The van der Waals surface area contributed by atoms with Crippen molar-refractivity contribution in [2.75, 3.05) is 13.2 Å². The van der Waals surface area contributed by atoms with Crippen molar-refractivity contribution in [2.24, 2.45) is 5.73 Å². The summed E-state index contributed by atoms with van der Waals surface area (Å²) in [5.74, 6) is 0. The topological polar surface area (TPSA) is 47.3 Å². The zero-order chi connectivity index (χ0) is 13.0. The minimum absolute atomic E-state index is 0.0646. The van der Waals surface area contributed by atoms with Gasteiger partial charge in [-0.2, -0.15) is 0 Å². The van der Waals surface area contributed by atoms with Crippen LogP contribution < -0.4 is 11.1 Å². The van der Waals surface area contributed by atoms with E-state index in [2.05, 4.69) is 36.5 Å². The maximum absolute atomic E-state index is 5.94. The second kappa shape index (κ2) is 5.83. The fourth-order valence-corrected chi connectivity index (χ4v) is 2.79. The first kappa shape index (κ1) is 13.5. The van der Waals surface area contributed by atoms with Crippen LogP contribution in [-0.2, 0) is 4.74 Å². The molecule has 0 saturated heterocycles. The second-order valence-electron chi connectivity index (χ2n) is 5.25. The summed E-state index contributed by atoms with van der Waals surface area (Å²) >= 11 is 0. The van der Waals surface area contributed by atoms with Crippen LogP contribution in [0.4, 0.5) is 0 Å². The number of nitrogens with one attached hydrogen (secondary N) is 1. The Kier molecular flexibility index (Phi) is 4.38. The lowest BCUT2D eigenvalue weighted by Gasteiger charge is -2.49. The molecule has 1 aromatic rings. The van der Waals surface area contributed by atoms with Crippen LogP contribution in [0.3, 0.4) is 0 Å². The average molecular weight is 248 g/mol. The third kappa shape index (κ3) is 2.91. The standard InChI is InChI=1S/C15H24N2O/c1-3-18-14-9-15(10-14,11-16)17-12(2)13-7-5-4-6-8-13/h4-8,12,14,17H,3,9-11,16H2,1-2H3. The summed E-state index contributed by atoms with van der Waals surface area (Å²) in [6.45, 7) is 5.70. The fraction of sp³-hybridized carbons (Fsp3) is 0.600. The van der Waals surface area contributed by atoms with Crippen molar-refractivity contribution in [2.45, 2.75) is 44.4 Å². The van der Waals surface area contributed by atoms with Gasteiger partial charge >= 0.3 is 0 Å². The zero-order valence-electron chi connectivity index (χ0n) is 11.4. The monoisotopic (exact) mass is 248 g/mol. The van der Waals surface area contributed by atoms with Gasteiger partial charge in [-0.25, -0.2) is 0 Å². The van der Waals surface area contributed by atoms with E-state index in [-0.39, 0.29) is 5.54 Å². The van der Waals surface area contributed by atoms with Gasteiger partial charge in [-0.3, -0.25) is 0 Å². The molecule has 0 aromatic heterocycles. The fourth-order valence-electron chi connectivity index (χ4n) is 2.79. The van der Waals surface area contributed by atoms with Crippen molar-refractivity contribution < 1.29 is 4.74 Å². The molecule has 2 rings (SSSR count). The van der Waals surface area contributed by atoms with E-state index in [1.165, 1.54) is 5.56 Å². The van der Waals surface area contributed by atoms with Gasteiger partial charge in [0.05, 0.1) is 6.10 Å². The van der Waals surface area contributed by atoms with Crippen molar-refractivity contribution >= 4 is 0 Å². The summed E-state index contributed by atoms with van der Waals surface area (Å²) in [4.78, 5) is 0. The van der Waals surface area contributed by atoms with E-state index in [0.29, 0.717) is 18.7 Å². The van der Waals surface area contributed by atoms with Crippen LogP contribution in [0.2, 0.25) is 0 Å². The Labute approximate surface area is 110 Å². The molecule has 3 nitrogen and oxygen atoms in total. The Hall–Kier alpha value is -0.900. The number of benzene rings is 1. The third-order valence-corrected chi connectivity index (χ3v) is 3.85. The van der Waals surface area contributed by atoms with Gasteiger partial charge < -0.3 is 15.8 Å². The van der Waals surface area contributed by atoms with Crippen molar-refractivity contribution in [3.05, 3.63) is 35.9 Å². The maximum Gasteiger partial charge on any atom is 0.0611 e. The molecule has 1 fully saturated rings. The summed E-state index contributed by atoms with van der Waals surface area (Å²) in [7, 11) is 0. The number of hydrogen-bond acceptors (Lipinski definition) is 3. The number of hydrogen-bond donors (Lipinski definition) is 2. The van der Waals surface area contributed by atoms with Crippen molar-refractivity contribution in [3.63, 3.8) is 0 Å². The summed E-state index contributed by atoms with van der Waals surface area (Å²) < 4.78 is 5.63. The smallest absolute Gasteiger partial charge is 0.0611 e. The normalized spacial score (nSPS) is 28.7. The summed E-state index contributed by atoms with van der Waals surface area (Å²) in [6, 6.07) is 10.8. The molecule has 0 spiro atoms. The number of nitrogens with two attached hydrogens (primary N) is 1. The average Bonchev–Trinajstić information content (AvgIpc) is 2.37. The Balaban J connectivity index is 1.92. The Morgan fingerprint density at radius 1 is 1.39 bits per heavy atom. The molecule has 0 heterocycles. The van der Waals surface area contributed by atoms with Gasteiger partial charge in [0.2, 0.25) is 0 Å². The quantitative estimate of drug-likeness (QED) is 0.811. The molecular formula is C15H24N2O. The molecule has 0 aliphatic heterocycles. The van der Waals surface area contributed by atoms with E-state index in [1.54, 1.807) is 0 Å². The molecule has 0 radical (unpaired) electrons. The lowest BCUT2D eigenvalue weighted by Crippen LogP contribution is -2.62. The first-order valence-corrected chi connectivity index (χ1v) is 6.83. The lowest BCUT2D eigenvalue weighted by atomic mass is 9.73. The van der Waals surface area contributed by atoms with E-state index < -0.39 is 0 Å². The van der Waals surface area contributed by atoms with E-state index in [1.807, 2.05) is 13.0 Å². The molecule has 1 aromatic carbocycles. The minimum atomic E-state index is 0.0646. The molecule has 18 heavy (non-hydrogen) atoms. The molecule has 3 N–H and O–H groups in total. The van der Waals surface area contributed by atoms with E-state index in [9.17, 15) is 0 Å².